The van der Waals surface area contributed by atoms with Crippen LogP contribution < -0.4 is 5.73 Å². The van der Waals surface area contributed by atoms with Gasteiger partial charge in [-0.25, -0.2) is 0 Å². The highest BCUT2D eigenvalue weighted by atomic mass is 32.2. The molecule has 1 saturated heterocycles. The molecule has 1 fully saturated rings. The van der Waals surface area contributed by atoms with E-state index >= 15 is 0 Å². The molecule has 1 aliphatic rings. The summed E-state index contributed by atoms with van der Waals surface area (Å²) >= 11 is 1.21. The summed E-state index contributed by atoms with van der Waals surface area (Å²) in [6.07, 6.45) is -3.84. The van der Waals surface area contributed by atoms with Crippen LogP contribution in [0.1, 0.15) is 6.92 Å². The zero-order valence-corrected chi connectivity index (χ0v) is 10.0. The predicted octanol–water partition coefficient (Wildman–Crippen LogP) is -2.13. The van der Waals surface area contributed by atoms with Crippen molar-refractivity contribution in [3.8, 4) is 0 Å². The fourth-order valence-electron chi connectivity index (χ4n) is 1.66. The number of nitrogens with two attached hydrogens (primary N) is 1. The van der Waals surface area contributed by atoms with Gasteiger partial charge in [0.1, 0.15) is 29.9 Å². The average Bonchev–Trinajstić information content (AvgIpc) is 2.25. The second-order valence-corrected chi connectivity index (χ2v) is 4.93. The molecule has 96 valence electrons. The van der Waals surface area contributed by atoms with E-state index in [0.29, 0.717) is 0 Å². The Labute approximate surface area is 98.4 Å². The number of ether oxygens (including phenoxy) is 1. The summed E-state index contributed by atoms with van der Waals surface area (Å²) in [5.74, 6) is 0. The molecule has 0 aromatic rings. The Morgan fingerprint density at radius 2 is 1.75 bits per heavy atom. The van der Waals surface area contributed by atoms with Gasteiger partial charge in [-0.05, 0) is 13.2 Å². The molecule has 6 nitrogen and oxygen atoms in total. The summed E-state index contributed by atoms with van der Waals surface area (Å²) < 4.78 is 5.37. The van der Waals surface area contributed by atoms with Crippen LogP contribution in [0.5, 0.6) is 0 Å². The Morgan fingerprint density at radius 1 is 1.19 bits per heavy atom. The molecule has 6 N–H and O–H groups in total. The van der Waals surface area contributed by atoms with Crippen molar-refractivity contribution in [2.45, 2.75) is 48.9 Å². The van der Waals surface area contributed by atoms with Crippen molar-refractivity contribution in [2.24, 2.45) is 5.73 Å². The van der Waals surface area contributed by atoms with Crippen molar-refractivity contribution < 1.29 is 25.2 Å². The largest absolute Gasteiger partial charge is 0.392 e. The number of hydrogen-bond acceptors (Lipinski definition) is 7. The van der Waals surface area contributed by atoms with Gasteiger partial charge in [0.05, 0.1) is 12.1 Å². The molecule has 1 aliphatic heterocycles. The zero-order valence-electron chi connectivity index (χ0n) is 9.22. The first-order valence-corrected chi connectivity index (χ1v) is 6.35. The molecule has 0 spiro atoms. The zero-order chi connectivity index (χ0) is 12.5. The second-order valence-electron chi connectivity index (χ2n) is 3.99. The molecule has 7 atom stereocenters. The predicted molar refractivity (Wildman–Crippen MR) is 59.9 cm³/mol. The average molecular weight is 253 g/mol. The van der Waals surface area contributed by atoms with E-state index in [0.717, 1.165) is 0 Å². The summed E-state index contributed by atoms with van der Waals surface area (Å²) in [5.41, 5.74) is 5.01. The molecule has 1 rings (SSSR count). The minimum absolute atomic E-state index is 0.659. The summed E-state index contributed by atoms with van der Waals surface area (Å²) in [5, 5.41) is 38.2. The summed E-state index contributed by atoms with van der Waals surface area (Å²) in [6, 6.07) is -0.813. The van der Waals surface area contributed by atoms with Gasteiger partial charge in [-0.3, -0.25) is 0 Å². The van der Waals surface area contributed by atoms with Crippen LogP contribution in [0.4, 0.5) is 0 Å². The Kier molecular flexibility index (Phi) is 4.99. The van der Waals surface area contributed by atoms with Crippen LogP contribution >= 0.6 is 11.8 Å². The lowest BCUT2D eigenvalue weighted by atomic mass is 9.93. The van der Waals surface area contributed by atoms with Crippen LogP contribution in [-0.4, -0.2) is 68.7 Å². The van der Waals surface area contributed by atoms with Crippen molar-refractivity contribution >= 4 is 11.8 Å². The molecule has 0 bridgehead atoms. The van der Waals surface area contributed by atoms with Crippen molar-refractivity contribution in [3.05, 3.63) is 0 Å². The maximum absolute atomic E-state index is 9.71. The fraction of sp³-hybridized carbons (Fsp3) is 1.00. The first-order chi connectivity index (χ1) is 7.40. The second kappa shape index (κ2) is 5.63. The minimum atomic E-state index is -1.32. The standard InChI is InChI=1S/C9H19NO5S/c1-3(11)4(10)8-6(13)5(12)7(14)9(15-8)16-2/h3-9,11-14H,10H2,1-2H3/t3-,4-,5+,6-,7-,8-,9+/m1/s1. The third-order valence-corrected chi connectivity index (χ3v) is 3.63. The van der Waals surface area contributed by atoms with E-state index in [2.05, 4.69) is 0 Å². The third-order valence-electron chi connectivity index (χ3n) is 2.78. The lowest BCUT2D eigenvalue weighted by Crippen LogP contribution is -2.63. The van der Waals surface area contributed by atoms with Gasteiger partial charge in [0.25, 0.3) is 0 Å². The monoisotopic (exact) mass is 253 g/mol. The number of aliphatic hydroxyl groups excluding tert-OH is 4. The number of aliphatic hydroxyl groups is 4. The quantitative estimate of drug-likeness (QED) is 0.390. The van der Waals surface area contributed by atoms with Crippen molar-refractivity contribution in [3.63, 3.8) is 0 Å². The number of rotatable bonds is 3. The number of thioether (sulfide) groups is 1. The maximum Gasteiger partial charge on any atom is 0.132 e. The Hall–Kier alpha value is 0.110. The summed E-state index contributed by atoms with van der Waals surface area (Å²) in [6.45, 7) is 1.48. The molecule has 0 aromatic carbocycles. The molecule has 0 aromatic heterocycles. The topological polar surface area (TPSA) is 116 Å². The highest BCUT2D eigenvalue weighted by Gasteiger charge is 2.46. The van der Waals surface area contributed by atoms with Gasteiger partial charge in [0, 0.05) is 0 Å². The van der Waals surface area contributed by atoms with Crippen LogP contribution in [0.3, 0.4) is 0 Å². The van der Waals surface area contributed by atoms with Crippen molar-refractivity contribution in [1.29, 1.82) is 0 Å². The van der Waals surface area contributed by atoms with E-state index < -0.39 is 42.0 Å². The fourth-order valence-corrected chi connectivity index (χ4v) is 2.34. The summed E-state index contributed by atoms with van der Waals surface area (Å²) in [4.78, 5) is 0. The SMILES string of the molecule is CS[C@@H]1O[C@H]([C@H](N)[C@@H](C)O)[C@H](O)[C@H](O)[C@H]1O. The van der Waals surface area contributed by atoms with Gasteiger partial charge in [-0.2, -0.15) is 0 Å². The molecule has 16 heavy (non-hydrogen) atoms. The van der Waals surface area contributed by atoms with Crippen LogP contribution in [0.2, 0.25) is 0 Å². The molecular formula is C9H19NO5S. The van der Waals surface area contributed by atoms with E-state index in [4.69, 9.17) is 10.5 Å². The van der Waals surface area contributed by atoms with Crippen LogP contribution in [0.25, 0.3) is 0 Å². The molecule has 0 amide bonds. The van der Waals surface area contributed by atoms with E-state index in [9.17, 15) is 20.4 Å². The lowest BCUT2D eigenvalue weighted by Gasteiger charge is -2.42. The molecule has 0 saturated carbocycles. The maximum atomic E-state index is 9.71. The smallest absolute Gasteiger partial charge is 0.132 e. The van der Waals surface area contributed by atoms with E-state index in [-0.39, 0.29) is 0 Å². The van der Waals surface area contributed by atoms with Gasteiger partial charge in [-0.1, -0.05) is 0 Å². The first kappa shape index (κ1) is 14.2. The van der Waals surface area contributed by atoms with Crippen LogP contribution in [-0.2, 0) is 4.74 Å². The number of hydrogen-bond donors (Lipinski definition) is 5. The molecule has 0 aliphatic carbocycles. The van der Waals surface area contributed by atoms with Crippen molar-refractivity contribution in [1.82, 2.24) is 0 Å². The Balaban J connectivity index is 2.78. The van der Waals surface area contributed by atoms with Gasteiger partial charge >= 0.3 is 0 Å². The van der Waals surface area contributed by atoms with Gasteiger partial charge in [-0.15, -0.1) is 11.8 Å². The Bertz CT molecular complexity index is 228. The lowest BCUT2D eigenvalue weighted by molar-refractivity contribution is -0.207. The molecule has 7 heteroatoms. The third kappa shape index (κ3) is 2.67. The van der Waals surface area contributed by atoms with Gasteiger partial charge in [0.15, 0.2) is 0 Å². The molecule has 0 unspecified atom stereocenters. The highest BCUT2D eigenvalue weighted by molar-refractivity contribution is 7.99. The van der Waals surface area contributed by atoms with Crippen molar-refractivity contribution in [2.75, 3.05) is 6.26 Å². The minimum Gasteiger partial charge on any atom is -0.392 e. The first-order valence-electron chi connectivity index (χ1n) is 5.06. The van der Waals surface area contributed by atoms with Gasteiger partial charge in [0.2, 0.25) is 0 Å². The van der Waals surface area contributed by atoms with Gasteiger partial charge < -0.3 is 30.9 Å². The van der Waals surface area contributed by atoms with Crippen LogP contribution in [0.15, 0.2) is 0 Å². The van der Waals surface area contributed by atoms with E-state index in [1.54, 1.807) is 6.26 Å². The van der Waals surface area contributed by atoms with E-state index in [1.807, 2.05) is 0 Å². The normalized spacial score (nSPS) is 44.1. The molecule has 0 radical (unpaired) electrons. The highest BCUT2D eigenvalue weighted by Crippen LogP contribution is 2.28. The van der Waals surface area contributed by atoms with Crippen LogP contribution in [0, 0.1) is 0 Å². The molecular weight excluding hydrogens is 234 g/mol. The molecule has 1 heterocycles. The van der Waals surface area contributed by atoms with E-state index in [1.165, 1.54) is 18.7 Å². The summed E-state index contributed by atoms with van der Waals surface area (Å²) in [7, 11) is 0. The Morgan fingerprint density at radius 3 is 2.19 bits per heavy atom.